The average molecular weight is 344 g/mol. The van der Waals surface area contributed by atoms with Crippen molar-refractivity contribution in [2.45, 2.75) is 6.54 Å². The Morgan fingerprint density at radius 2 is 1.64 bits per heavy atom. The first-order chi connectivity index (χ1) is 12.4. The summed E-state index contributed by atoms with van der Waals surface area (Å²) in [5.41, 5.74) is 4.45. The predicted octanol–water partition coefficient (Wildman–Crippen LogP) is 4.88. The van der Waals surface area contributed by atoms with Crippen LogP contribution < -0.4 is 5.32 Å². The molecule has 4 aromatic rings. The van der Waals surface area contributed by atoms with Crippen molar-refractivity contribution in [3.63, 3.8) is 0 Å². The van der Waals surface area contributed by atoms with Gasteiger partial charge in [0.1, 0.15) is 5.01 Å². The topological polar surface area (TPSA) is 50.7 Å². The molecule has 0 aliphatic carbocycles. The van der Waals surface area contributed by atoms with Crippen LogP contribution in [0, 0.1) is 0 Å². The number of benzene rings is 2. The molecule has 0 amide bonds. The van der Waals surface area contributed by atoms with E-state index >= 15 is 0 Å². The fourth-order valence-corrected chi connectivity index (χ4v) is 3.36. The van der Waals surface area contributed by atoms with Gasteiger partial charge in [-0.2, -0.15) is 0 Å². The molecule has 122 valence electrons. The summed E-state index contributed by atoms with van der Waals surface area (Å²) in [6.45, 7) is 0.675. The summed E-state index contributed by atoms with van der Waals surface area (Å²) in [5, 5.41) is 6.36. The minimum absolute atomic E-state index is 0.633. The fourth-order valence-electron chi connectivity index (χ4n) is 2.53. The van der Waals surface area contributed by atoms with Gasteiger partial charge in [0.15, 0.2) is 0 Å². The van der Waals surface area contributed by atoms with E-state index in [-0.39, 0.29) is 0 Å². The van der Waals surface area contributed by atoms with E-state index in [9.17, 15) is 0 Å². The van der Waals surface area contributed by atoms with Crippen molar-refractivity contribution in [2.75, 3.05) is 5.32 Å². The van der Waals surface area contributed by atoms with Gasteiger partial charge >= 0.3 is 0 Å². The highest BCUT2D eigenvalue weighted by Gasteiger charge is 2.07. The van der Waals surface area contributed by atoms with Crippen LogP contribution in [-0.4, -0.2) is 15.0 Å². The standard InChI is InChI=1S/C20H16N4S/c1-2-7-16(8-3-1)18-14-25-19(24-18)17-9-4-6-15(12-17)13-23-20-21-10-5-11-22-20/h1-12,14H,13H2,(H,21,22,23). The number of nitrogens with zero attached hydrogens (tertiary/aromatic N) is 3. The second-order valence-corrected chi connectivity index (χ2v) is 6.39. The van der Waals surface area contributed by atoms with Crippen molar-refractivity contribution >= 4 is 17.3 Å². The number of hydrogen-bond acceptors (Lipinski definition) is 5. The van der Waals surface area contributed by atoms with Gasteiger partial charge in [0.05, 0.1) is 5.69 Å². The highest BCUT2D eigenvalue weighted by Crippen LogP contribution is 2.29. The monoisotopic (exact) mass is 344 g/mol. The van der Waals surface area contributed by atoms with Crippen molar-refractivity contribution < 1.29 is 0 Å². The molecule has 1 N–H and O–H groups in total. The third-order valence-electron chi connectivity index (χ3n) is 3.76. The summed E-state index contributed by atoms with van der Waals surface area (Å²) >= 11 is 1.66. The summed E-state index contributed by atoms with van der Waals surface area (Å²) in [5.74, 6) is 0.633. The van der Waals surface area contributed by atoms with E-state index in [2.05, 4.69) is 57.1 Å². The molecule has 0 unspecified atom stereocenters. The molecular formula is C20H16N4S. The predicted molar refractivity (Wildman–Crippen MR) is 102 cm³/mol. The normalized spacial score (nSPS) is 10.6. The van der Waals surface area contributed by atoms with E-state index in [0.29, 0.717) is 12.5 Å². The second-order valence-electron chi connectivity index (χ2n) is 5.53. The van der Waals surface area contributed by atoms with Crippen LogP contribution in [0.4, 0.5) is 5.95 Å². The summed E-state index contributed by atoms with van der Waals surface area (Å²) in [7, 11) is 0. The Labute approximate surface area is 150 Å². The van der Waals surface area contributed by atoms with Gasteiger partial charge < -0.3 is 5.32 Å². The van der Waals surface area contributed by atoms with Gasteiger partial charge in [-0.3, -0.25) is 0 Å². The first kappa shape index (κ1) is 15.5. The first-order valence-corrected chi connectivity index (χ1v) is 8.87. The number of thiazole rings is 1. The van der Waals surface area contributed by atoms with Crippen LogP contribution in [0.2, 0.25) is 0 Å². The van der Waals surface area contributed by atoms with E-state index in [0.717, 1.165) is 21.8 Å². The van der Waals surface area contributed by atoms with Crippen LogP contribution in [-0.2, 0) is 6.54 Å². The van der Waals surface area contributed by atoms with E-state index in [1.165, 1.54) is 5.56 Å². The summed E-state index contributed by atoms with van der Waals surface area (Å²) in [6.07, 6.45) is 3.46. The number of aromatic nitrogens is 3. The van der Waals surface area contributed by atoms with Crippen molar-refractivity contribution in [3.8, 4) is 21.8 Å². The maximum Gasteiger partial charge on any atom is 0.222 e. The van der Waals surface area contributed by atoms with Gasteiger partial charge in [0.2, 0.25) is 5.95 Å². The molecular weight excluding hydrogens is 328 g/mol. The van der Waals surface area contributed by atoms with Crippen molar-refractivity contribution in [3.05, 3.63) is 84.0 Å². The van der Waals surface area contributed by atoms with Crippen LogP contribution in [0.25, 0.3) is 21.8 Å². The molecule has 5 heteroatoms. The lowest BCUT2D eigenvalue weighted by molar-refractivity contribution is 1.05. The van der Waals surface area contributed by atoms with Crippen molar-refractivity contribution in [1.29, 1.82) is 0 Å². The lowest BCUT2D eigenvalue weighted by atomic mass is 10.1. The SMILES string of the molecule is c1ccc(-c2csc(-c3cccc(CNc4ncccn4)c3)n2)cc1. The Hall–Kier alpha value is -3.05. The van der Waals surface area contributed by atoms with Crippen LogP contribution in [0.15, 0.2) is 78.4 Å². The molecule has 0 radical (unpaired) electrons. The Kier molecular flexibility index (Phi) is 4.48. The van der Waals surface area contributed by atoms with Gasteiger partial charge in [-0.25, -0.2) is 15.0 Å². The molecule has 2 aromatic heterocycles. The zero-order valence-corrected chi connectivity index (χ0v) is 14.3. The van der Waals surface area contributed by atoms with Crippen LogP contribution in [0.5, 0.6) is 0 Å². The third-order valence-corrected chi connectivity index (χ3v) is 4.66. The van der Waals surface area contributed by atoms with E-state index in [4.69, 9.17) is 4.98 Å². The minimum atomic E-state index is 0.633. The Morgan fingerprint density at radius 1 is 0.840 bits per heavy atom. The zero-order chi connectivity index (χ0) is 16.9. The van der Waals surface area contributed by atoms with Crippen LogP contribution in [0.3, 0.4) is 0 Å². The summed E-state index contributed by atoms with van der Waals surface area (Å²) in [6, 6.07) is 20.4. The lowest BCUT2D eigenvalue weighted by Crippen LogP contribution is -2.02. The molecule has 0 aliphatic rings. The molecule has 0 saturated heterocycles. The molecule has 2 heterocycles. The van der Waals surface area contributed by atoms with E-state index in [1.54, 1.807) is 29.8 Å². The van der Waals surface area contributed by atoms with Crippen molar-refractivity contribution in [2.24, 2.45) is 0 Å². The molecule has 2 aromatic carbocycles. The molecule has 0 saturated carbocycles. The van der Waals surface area contributed by atoms with Crippen LogP contribution in [0.1, 0.15) is 5.56 Å². The molecule has 0 spiro atoms. The Balaban J connectivity index is 1.52. The van der Waals surface area contributed by atoms with Gasteiger partial charge in [0.25, 0.3) is 0 Å². The largest absolute Gasteiger partial charge is 0.350 e. The molecule has 4 nitrogen and oxygen atoms in total. The minimum Gasteiger partial charge on any atom is -0.350 e. The van der Waals surface area contributed by atoms with E-state index in [1.807, 2.05) is 18.2 Å². The van der Waals surface area contributed by atoms with Crippen LogP contribution >= 0.6 is 11.3 Å². The zero-order valence-electron chi connectivity index (χ0n) is 13.5. The van der Waals surface area contributed by atoms with Crippen molar-refractivity contribution in [1.82, 2.24) is 15.0 Å². The molecule has 25 heavy (non-hydrogen) atoms. The van der Waals surface area contributed by atoms with Gasteiger partial charge in [0, 0.05) is 35.4 Å². The average Bonchev–Trinajstić information content (AvgIpc) is 3.18. The molecule has 0 fully saturated rings. The second kappa shape index (κ2) is 7.23. The van der Waals surface area contributed by atoms with Gasteiger partial charge in [-0.1, -0.05) is 48.5 Å². The molecule has 4 rings (SSSR count). The third kappa shape index (κ3) is 3.72. The van der Waals surface area contributed by atoms with Gasteiger partial charge in [-0.05, 0) is 17.7 Å². The number of anilines is 1. The lowest BCUT2D eigenvalue weighted by Gasteiger charge is -2.05. The fraction of sp³-hybridized carbons (Fsp3) is 0.0500. The van der Waals surface area contributed by atoms with E-state index < -0.39 is 0 Å². The first-order valence-electron chi connectivity index (χ1n) is 8.00. The van der Waals surface area contributed by atoms with Gasteiger partial charge in [-0.15, -0.1) is 11.3 Å². The maximum atomic E-state index is 4.78. The smallest absolute Gasteiger partial charge is 0.222 e. The molecule has 0 aliphatic heterocycles. The Bertz CT molecular complexity index is 952. The highest BCUT2D eigenvalue weighted by molar-refractivity contribution is 7.13. The molecule has 0 bridgehead atoms. The summed E-state index contributed by atoms with van der Waals surface area (Å²) < 4.78 is 0. The molecule has 0 atom stereocenters. The number of nitrogens with one attached hydrogen (secondary N) is 1. The Morgan fingerprint density at radius 3 is 2.48 bits per heavy atom. The number of rotatable bonds is 5. The highest BCUT2D eigenvalue weighted by atomic mass is 32.1. The summed E-state index contributed by atoms with van der Waals surface area (Å²) in [4.78, 5) is 13.1. The quantitative estimate of drug-likeness (QED) is 0.561. The number of hydrogen-bond donors (Lipinski definition) is 1. The maximum absolute atomic E-state index is 4.78.